The molecule has 1 unspecified atom stereocenters. The Morgan fingerprint density at radius 3 is 2.03 bits per heavy atom. The Morgan fingerprint density at radius 2 is 1.43 bits per heavy atom. The van der Waals surface area contributed by atoms with Crippen molar-refractivity contribution in [3.8, 4) is 0 Å². The van der Waals surface area contributed by atoms with Gasteiger partial charge in [-0.15, -0.1) is 0 Å². The summed E-state index contributed by atoms with van der Waals surface area (Å²) in [6.45, 7) is 9.30. The Bertz CT molecular complexity index is 1410. The Balaban J connectivity index is 1.67. The van der Waals surface area contributed by atoms with Gasteiger partial charge in [-0.3, -0.25) is 4.79 Å². The molecule has 0 aliphatic carbocycles. The van der Waals surface area contributed by atoms with Gasteiger partial charge in [-0.1, -0.05) is 33.8 Å². The average molecular weight is 497 g/mol. The zero-order valence-corrected chi connectivity index (χ0v) is 21.3. The predicted octanol–water partition coefficient (Wildman–Crippen LogP) is 5.21. The second-order valence-corrected chi connectivity index (χ2v) is 11.5. The molecule has 4 rings (SSSR count). The first kappa shape index (κ1) is 25.0. The fraction of sp³-hybridized carbons (Fsp3) is 0.370. The van der Waals surface area contributed by atoms with Crippen LogP contribution in [0, 0.1) is 11.8 Å². The summed E-state index contributed by atoms with van der Waals surface area (Å²) >= 11 is 0. The number of fused-ring (bicyclic) bond motifs is 2. The van der Waals surface area contributed by atoms with Crippen molar-refractivity contribution in [1.82, 2.24) is 9.62 Å². The first-order chi connectivity index (χ1) is 16.6. The molecule has 0 aliphatic rings. The third-order valence-corrected chi connectivity index (χ3v) is 7.24. The van der Waals surface area contributed by atoms with E-state index in [2.05, 4.69) is 4.72 Å². The Morgan fingerprint density at radius 1 is 0.857 bits per heavy atom. The number of hydrogen-bond donors (Lipinski definition) is 1. The highest BCUT2D eigenvalue weighted by molar-refractivity contribution is 7.89. The van der Waals surface area contributed by atoms with Gasteiger partial charge in [0.1, 0.15) is 17.2 Å². The lowest BCUT2D eigenvalue weighted by Gasteiger charge is -2.30. The van der Waals surface area contributed by atoms with Crippen LogP contribution in [-0.2, 0) is 21.2 Å². The molecule has 1 atom stereocenters. The molecule has 1 amide bonds. The molecule has 35 heavy (non-hydrogen) atoms. The van der Waals surface area contributed by atoms with Crippen molar-refractivity contribution in [2.45, 2.75) is 45.1 Å². The minimum absolute atomic E-state index is 0.0914. The van der Waals surface area contributed by atoms with Crippen LogP contribution < -0.4 is 4.72 Å². The maximum atomic E-state index is 13.8. The van der Waals surface area contributed by atoms with Gasteiger partial charge in [-0.2, -0.15) is 4.72 Å². The van der Waals surface area contributed by atoms with E-state index in [9.17, 15) is 13.2 Å². The van der Waals surface area contributed by atoms with Gasteiger partial charge >= 0.3 is 0 Å². The first-order valence-electron chi connectivity index (χ1n) is 11.9. The number of amides is 1. The molecular weight excluding hydrogens is 464 g/mol. The number of benzene rings is 2. The molecule has 8 heteroatoms. The molecule has 0 saturated heterocycles. The fourth-order valence-electron chi connectivity index (χ4n) is 4.28. The Kier molecular flexibility index (Phi) is 7.33. The SMILES string of the molecule is CC(C)CN(CC(C)C)C(=O)C(Cc1ccc2occc2c1)NS(=O)(=O)c1ccc2occc2c1. The number of nitrogens with zero attached hydrogens (tertiary/aromatic N) is 1. The molecule has 0 bridgehead atoms. The van der Waals surface area contributed by atoms with Gasteiger partial charge in [-0.25, -0.2) is 8.42 Å². The van der Waals surface area contributed by atoms with Crippen molar-refractivity contribution in [3.05, 3.63) is 66.6 Å². The lowest BCUT2D eigenvalue weighted by Crippen LogP contribution is -2.51. The van der Waals surface area contributed by atoms with Gasteiger partial charge in [0.05, 0.1) is 17.4 Å². The number of hydrogen-bond acceptors (Lipinski definition) is 5. The van der Waals surface area contributed by atoms with Gasteiger partial charge in [0, 0.05) is 23.9 Å². The lowest BCUT2D eigenvalue weighted by molar-refractivity contribution is -0.134. The van der Waals surface area contributed by atoms with Crippen LogP contribution in [0.5, 0.6) is 0 Å². The maximum Gasteiger partial charge on any atom is 0.241 e. The highest BCUT2D eigenvalue weighted by Crippen LogP contribution is 2.22. The largest absolute Gasteiger partial charge is 0.464 e. The predicted molar refractivity (Wildman–Crippen MR) is 136 cm³/mol. The second kappa shape index (κ2) is 10.3. The molecule has 186 valence electrons. The van der Waals surface area contributed by atoms with Crippen LogP contribution in [0.4, 0.5) is 0 Å². The van der Waals surface area contributed by atoms with E-state index >= 15 is 0 Å². The average Bonchev–Trinajstić information content (AvgIpc) is 3.45. The summed E-state index contributed by atoms with van der Waals surface area (Å²) in [5, 5.41) is 1.59. The van der Waals surface area contributed by atoms with Crippen molar-refractivity contribution in [3.63, 3.8) is 0 Å². The quantitative estimate of drug-likeness (QED) is 0.325. The number of furan rings is 2. The van der Waals surface area contributed by atoms with Crippen LogP contribution >= 0.6 is 0 Å². The fourth-order valence-corrected chi connectivity index (χ4v) is 5.51. The molecule has 1 N–H and O–H groups in total. The standard InChI is InChI=1S/C27H32N2O5S/c1-18(2)16-29(17-19(3)4)27(30)24(14-20-5-7-25-21(13-20)9-11-33-25)28-35(31,32)23-6-8-26-22(15-23)10-12-34-26/h5-13,15,18-19,24,28H,14,16-17H2,1-4H3. The van der Waals surface area contributed by atoms with E-state index < -0.39 is 16.1 Å². The van der Waals surface area contributed by atoms with E-state index in [1.165, 1.54) is 12.3 Å². The molecule has 0 saturated carbocycles. The molecule has 0 spiro atoms. The highest BCUT2D eigenvalue weighted by atomic mass is 32.2. The summed E-state index contributed by atoms with van der Waals surface area (Å²) in [7, 11) is -3.97. The van der Waals surface area contributed by atoms with Gasteiger partial charge in [0.2, 0.25) is 15.9 Å². The topological polar surface area (TPSA) is 92.8 Å². The van der Waals surface area contributed by atoms with E-state index in [1.54, 1.807) is 29.4 Å². The summed E-state index contributed by atoms with van der Waals surface area (Å²) in [5.41, 5.74) is 2.19. The summed E-state index contributed by atoms with van der Waals surface area (Å²) in [6, 6.07) is 12.9. The third kappa shape index (κ3) is 5.94. The Hall–Kier alpha value is -3.10. The Labute approximate surface area is 206 Å². The van der Waals surface area contributed by atoms with E-state index in [0.29, 0.717) is 24.1 Å². The molecule has 2 aromatic carbocycles. The minimum atomic E-state index is -3.97. The highest BCUT2D eigenvalue weighted by Gasteiger charge is 2.30. The normalized spacial score (nSPS) is 13.2. The molecule has 2 heterocycles. The van der Waals surface area contributed by atoms with Crippen LogP contribution in [0.2, 0.25) is 0 Å². The van der Waals surface area contributed by atoms with Crippen LogP contribution in [0.1, 0.15) is 33.3 Å². The number of nitrogens with one attached hydrogen (secondary N) is 1. The van der Waals surface area contributed by atoms with Gasteiger partial charge < -0.3 is 13.7 Å². The van der Waals surface area contributed by atoms with Crippen molar-refractivity contribution >= 4 is 37.9 Å². The van der Waals surface area contributed by atoms with Crippen molar-refractivity contribution < 1.29 is 22.0 Å². The summed E-state index contributed by atoms with van der Waals surface area (Å²) < 4.78 is 40.3. The number of carbonyl (C=O) groups excluding carboxylic acids is 1. The van der Waals surface area contributed by atoms with E-state index in [4.69, 9.17) is 8.83 Å². The summed E-state index contributed by atoms with van der Waals surface area (Å²) in [4.78, 5) is 15.6. The molecule has 2 aromatic heterocycles. The molecule has 0 aliphatic heterocycles. The molecule has 4 aromatic rings. The van der Waals surface area contributed by atoms with Crippen molar-refractivity contribution in [2.75, 3.05) is 13.1 Å². The lowest BCUT2D eigenvalue weighted by atomic mass is 10.0. The van der Waals surface area contributed by atoms with E-state index in [1.807, 2.05) is 52.0 Å². The van der Waals surface area contributed by atoms with Gasteiger partial charge in [0.15, 0.2) is 0 Å². The molecule has 0 fully saturated rings. The summed E-state index contributed by atoms with van der Waals surface area (Å²) in [5.74, 6) is 0.272. The van der Waals surface area contributed by atoms with Crippen LogP contribution in [-0.4, -0.2) is 38.4 Å². The molecular formula is C27H32N2O5S. The monoisotopic (exact) mass is 496 g/mol. The van der Waals surface area contributed by atoms with Crippen LogP contribution in [0.25, 0.3) is 21.9 Å². The smallest absolute Gasteiger partial charge is 0.241 e. The first-order valence-corrected chi connectivity index (χ1v) is 13.3. The minimum Gasteiger partial charge on any atom is -0.464 e. The number of sulfonamides is 1. The van der Waals surface area contributed by atoms with Crippen molar-refractivity contribution in [1.29, 1.82) is 0 Å². The number of rotatable bonds is 10. The molecule has 7 nitrogen and oxygen atoms in total. The maximum absolute atomic E-state index is 13.8. The third-order valence-electron chi connectivity index (χ3n) is 5.77. The second-order valence-electron chi connectivity index (χ2n) is 9.82. The molecule has 0 radical (unpaired) electrons. The van der Waals surface area contributed by atoms with E-state index in [-0.39, 0.29) is 29.1 Å². The number of carbonyl (C=O) groups is 1. The van der Waals surface area contributed by atoms with Gasteiger partial charge in [0.25, 0.3) is 0 Å². The van der Waals surface area contributed by atoms with Crippen LogP contribution in [0.15, 0.2) is 74.8 Å². The summed E-state index contributed by atoms with van der Waals surface area (Å²) in [6.07, 6.45) is 3.35. The zero-order chi connectivity index (χ0) is 25.2. The van der Waals surface area contributed by atoms with Gasteiger partial charge in [-0.05, 0) is 66.3 Å². The van der Waals surface area contributed by atoms with Crippen molar-refractivity contribution in [2.24, 2.45) is 11.8 Å². The van der Waals surface area contributed by atoms with E-state index in [0.717, 1.165) is 16.5 Å². The zero-order valence-electron chi connectivity index (χ0n) is 20.5. The van der Waals surface area contributed by atoms with Crippen LogP contribution in [0.3, 0.4) is 0 Å².